The van der Waals surface area contributed by atoms with Crippen molar-refractivity contribution in [2.45, 2.75) is 17.7 Å². The van der Waals surface area contributed by atoms with Crippen LogP contribution in [0.4, 0.5) is 9.52 Å². The second-order valence-corrected chi connectivity index (χ2v) is 9.13. The van der Waals surface area contributed by atoms with E-state index in [-0.39, 0.29) is 29.4 Å². The average Bonchev–Trinajstić information content (AvgIpc) is 2.96. The first-order valence-electron chi connectivity index (χ1n) is 7.68. The minimum Gasteiger partial charge on any atom is -0.302 e. The molecule has 1 amide bonds. The number of amides is 1. The molecule has 0 saturated heterocycles. The molecule has 9 heteroatoms. The fraction of sp³-hybridized carbons (Fsp3) is 0.176. The van der Waals surface area contributed by atoms with Crippen molar-refractivity contribution < 1.29 is 17.6 Å². The van der Waals surface area contributed by atoms with Crippen LogP contribution >= 0.6 is 22.9 Å². The number of fused-ring (bicyclic) bond motifs is 1. The minimum atomic E-state index is -3.55. The second kappa shape index (κ2) is 7.69. The second-order valence-electron chi connectivity index (χ2n) is 5.56. The van der Waals surface area contributed by atoms with Crippen LogP contribution in [0.5, 0.6) is 0 Å². The highest BCUT2D eigenvalue weighted by atomic mass is 35.5. The Balaban J connectivity index is 1.55. The first-order valence-corrected chi connectivity index (χ1v) is 10.5. The molecule has 0 fully saturated rings. The normalized spacial score (nSPS) is 11.6. The summed E-state index contributed by atoms with van der Waals surface area (Å²) in [7, 11) is -3.55. The Morgan fingerprint density at radius 2 is 1.92 bits per heavy atom. The van der Waals surface area contributed by atoms with Gasteiger partial charge in [0.2, 0.25) is 5.91 Å². The number of benzene rings is 2. The van der Waals surface area contributed by atoms with Crippen molar-refractivity contribution in [2.24, 2.45) is 0 Å². The van der Waals surface area contributed by atoms with Gasteiger partial charge in [0.1, 0.15) is 5.82 Å². The van der Waals surface area contributed by atoms with Crippen molar-refractivity contribution in [2.75, 3.05) is 11.1 Å². The van der Waals surface area contributed by atoms with Crippen LogP contribution in [0.3, 0.4) is 0 Å². The Hall–Kier alpha value is -2.03. The zero-order valence-electron chi connectivity index (χ0n) is 13.4. The molecule has 0 bridgehead atoms. The van der Waals surface area contributed by atoms with Gasteiger partial charge in [-0.1, -0.05) is 22.9 Å². The number of thiazole rings is 1. The van der Waals surface area contributed by atoms with Crippen LogP contribution in [-0.4, -0.2) is 25.1 Å². The summed E-state index contributed by atoms with van der Waals surface area (Å²) in [5.41, 5.74) is 0.730. The molecule has 0 atom stereocenters. The molecule has 136 valence electrons. The summed E-state index contributed by atoms with van der Waals surface area (Å²) < 4.78 is 38.0. The number of carbonyl (C=O) groups excluding carboxylic acids is 1. The molecule has 3 aromatic rings. The molecule has 0 aliphatic heterocycles. The van der Waals surface area contributed by atoms with Gasteiger partial charge in [-0.3, -0.25) is 4.79 Å². The van der Waals surface area contributed by atoms with E-state index in [0.29, 0.717) is 10.2 Å². The van der Waals surface area contributed by atoms with E-state index in [1.807, 2.05) is 0 Å². The number of nitrogens with zero attached hydrogens (tertiary/aromatic N) is 1. The van der Waals surface area contributed by atoms with Crippen molar-refractivity contribution in [1.29, 1.82) is 0 Å². The molecular weight excluding hydrogens is 399 g/mol. The highest BCUT2D eigenvalue weighted by Gasteiger charge is 2.15. The van der Waals surface area contributed by atoms with E-state index in [0.717, 1.165) is 22.3 Å². The molecule has 26 heavy (non-hydrogen) atoms. The Kier molecular flexibility index (Phi) is 5.55. The minimum absolute atomic E-state index is 0.0388. The molecule has 3 rings (SSSR count). The van der Waals surface area contributed by atoms with Crippen LogP contribution in [-0.2, 0) is 14.6 Å². The molecule has 1 aromatic heterocycles. The van der Waals surface area contributed by atoms with Crippen LogP contribution in [0.25, 0.3) is 10.2 Å². The molecule has 1 N–H and O–H groups in total. The number of halogens is 2. The van der Waals surface area contributed by atoms with Crippen LogP contribution < -0.4 is 5.32 Å². The third-order valence-electron chi connectivity index (χ3n) is 3.59. The lowest BCUT2D eigenvalue weighted by Crippen LogP contribution is -2.14. The number of hydrogen-bond donors (Lipinski definition) is 1. The molecule has 0 aliphatic carbocycles. The van der Waals surface area contributed by atoms with Crippen LogP contribution in [0.1, 0.15) is 12.8 Å². The Morgan fingerprint density at radius 1 is 1.19 bits per heavy atom. The SMILES string of the molecule is O=C(CCCS(=O)(=O)c1ccc(F)cc1)Nc1nc2ccc(Cl)cc2s1. The maximum atomic E-state index is 12.9. The monoisotopic (exact) mass is 412 g/mol. The summed E-state index contributed by atoms with van der Waals surface area (Å²) in [6, 6.07) is 9.88. The standard InChI is InChI=1S/C17H14ClFN2O3S2/c18-11-3-8-14-15(10-11)25-17(20-14)21-16(22)2-1-9-26(23,24)13-6-4-12(19)5-7-13/h3-8,10H,1-2,9H2,(H,20,21,22). The summed E-state index contributed by atoms with van der Waals surface area (Å²) in [5, 5.41) is 3.69. The van der Waals surface area contributed by atoms with E-state index >= 15 is 0 Å². The summed E-state index contributed by atoms with van der Waals surface area (Å²) in [6.07, 6.45) is 0.194. The van der Waals surface area contributed by atoms with Crippen molar-refractivity contribution in [1.82, 2.24) is 4.98 Å². The Bertz CT molecular complexity index is 1050. The Morgan fingerprint density at radius 3 is 2.65 bits per heavy atom. The lowest BCUT2D eigenvalue weighted by atomic mass is 10.3. The van der Waals surface area contributed by atoms with Gasteiger partial charge in [-0.05, 0) is 48.9 Å². The van der Waals surface area contributed by atoms with Gasteiger partial charge >= 0.3 is 0 Å². The van der Waals surface area contributed by atoms with E-state index < -0.39 is 15.7 Å². The lowest BCUT2D eigenvalue weighted by Gasteiger charge is -2.04. The fourth-order valence-corrected chi connectivity index (χ4v) is 4.79. The van der Waals surface area contributed by atoms with Gasteiger partial charge in [-0.2, -0.15) is 0 Å². The van der Waals surface area contributed by atoms with Gasteiger partial charge in [0.15, 0.2) is 15.0 Å². The third-order valence-corrected chi connectivity index (χ3v) is 6.57. The molecule has 0 saturated carbocycles. The number of sulfone groups is 1. The zero-order valence-corrected chi connectivity index (χ0v) is 15.8. The number of carbonyl (C=O) groups is 1. The van der Waals surface area contributed by atoms with Crippen LogP contribution in [0.2, 0.25) is 5.02 Å². The van der Waals surface area contributed by atoms with Gasteiger partial charge < -0.3 is 5.32 Å². The number of rotatable bonds is 6. The molecule has 5 nitrogen and oxygen atoms in total. The summed E-state index contributed by atoms with van der Waals surface area (Å²) in [4.78, 5) is 16.3. The summed E-state index contributed by atoms with van der Waals surface area (Å²) in [5.74, 6) is -1.01. The summed E-state index contributed by atoms with van der Waals surface area (Å²) in [6.45, 7) is 0. The number of aromatic nitrogens is 1. The van der Waals surface area contributed by atoms with Gasteiger partial charge in [0, 0.05) is 11.4 Å². The largest absolute Gasteiger partial charge is 0.302 e. The van der Waals surface area contributed by atoms with Crippen molar-refractivity contribution in [3.8, 4) is 0 Å². The predicted octanol–water partition coefficient (Wildman–Crippen LogP) is 4.28. The lowest BCUT2D eigenvalue weighted by molar-refractivity contribution is -0.116. The van der Waals surface area contributed by atoms with Gasteiger partial charge in [0.25, 0.3) is 0 Å². The van der Waals surface area contributed by atoms with Gasteiger partial charge in [-0.15, -0.1) is 0 Å². The van der Waals surface area contributed by atoms with E-state index in [1.165, 1.54) is 23.5 Å². The highest BCUT2D eigenvalue weighted by molar-refractivity contribution is 7.91. The third kappa shape index (κ3) is 4.57. The van der Waals surface area contributed by atoms with Crippen LogP contribution in [0.15, 0.2) is 47.4 Å². The van der Waals surface area contributed by atoms with Crippen molar-refractivity contribution >= 4 is 54.0 Å². The molecule has 0 spiro atoms. The van der Waals surface area contributed by atoms with E-state index in [4.69, 9.17) is 11.6 Å². The van der Waals surface area contributed by atoms with Crippen molar-refractivity contribution in [3.05, 3.63) is 53.3 Å². The first-order chi connectivity index (χ1) is 12.3. The van der Waals surface area contributed by atoms with Gasteiger partial charge in [-0.25, -0.2) is 17.8 Å². The predicted molar refractivity (Wildman–Crippen MR) is 101 cm³/mol. The van der Waals surface area contributed by atoms with E-state index in [9.17, 15) is 17.6 Å². The smallest absolute Gasteiger partial charge is 0.226 e. The van der Waals surface area contributed by atoms with E-state index in [1.54, 1.807) is 18.2 Å². The average molecular weight is 413 g/mol. The molecule has 1 heterocycles. The Labute approximate surface area is 158 Å². The molecule has 2 aromatic carbocycles. The molecule has 0 unspecified atom stereocenters. The van der Waals surface area contributed by atoms with Crippen LogP contribution in [0, 0.1) is 5.82 Å². The first kappa shape index (κ1) is 18.8. The molecular formula is C17H14ClFN2O3S2. The number of anilines is 1. The zero-order chi connectivity index (χ0) is 18.7. The highest BCUT2D eigenvalue weighted by Crippen LogP contribution is 2.28. The van der Waals surface area contributed by atoms with Crippen molar-refractivity contribution in [3.63, 3.8) is 0 Å². The van der Waals surface area contributed by atoms with E-state index in [2.05, 4.69) is 10.3 Å². The number of hydrogen-bond acceptors (Lipinski definition) is 5. The quantitative estimate of drug-likeness (QED) is 0.613. The number of nitrogens with one attached hydrogen (secondary N) is 1. The maximum absolute atomic E-state index is 12.9. The summed E-state index contributed by atoms with van der Waals surface area (Å²) >= 11 is 7.21. The topological polar surface area (TPSA) is 76.1 Å². The maximum Gasteiger partial charge on any atom is 0.226 e. The molecule has 0 radical (unpaired) electrons. The van der Waals surface area contributed by atoms with Gasteiger partial charge in [0.05, 0.1) is 20.9 Å². The fourth-order valence-electron chi connectivity index (χ4n) is 2.32. The molecule has 0 aliphatic rings.